The number of fused-ring (bicyclic) bond motifs is 2. The number of methoxy groups -OCH3 is 6. The molecule has 256 valence electrons. The summed E-state index contributed by atoms with van der Waals surface area (Å²) in [6, 6.07) is 6.43. The fourth-order valence-corrected chi connectivity index (χ4v) is 12.4. The molecule has 3 N–H and O–H groups in total. The van der Waals surface area contributed by atoms with Crippen LogP contribution in [0.1, 0.15) is 30.1 Å². The van der Waals surface area contributed by atoms with Crippen molar-refractivity contribution in [2.75, 3.05) is 62.4 Å². The molecule has 7 bridgehead atoms. The van der Waals surface area contributed by atoms with Crippen LogP contribution < -0.4 is 4.74 Å². The highest BCUT2D eigenvalue weighted by Crippen LogP contribution is 2.80. The standard InChI is InChI=1S/C34H49NO11/c1-8-35-15-31(16-40-2)20(36)13-21(42-4)33-19-14-32(39)28(46-30(38)17-9-11-18(41-3)12-10-17)22(19)34(45-7,27(37)29(32)44-6)23(26(33)35)24(43-5)25(31)33/h9-12,19-29,36-37,39H,8,13-16H2,1-7H3/t19-,20?,21+,22-,23+,24+,25-,26-,27+,28-,29+,31+,32+,33+,34-/m1/s1. The van der Waals surface area contributed by atoms with E-state index in [1.165, 1.54) is 7.11 Å². The van der Waals surface area contributed by atoms with Crippen LogP contribution in [0.5, 0.6) is 5.75 Å². The predicted molar refractivity (Wildman–Crippen MR) is 162 cm³/mol. The van der Waals surface area contributed by atoms with E-state index in [0.717, 1.165) is 0 Å². The minimum absolute atomic E-state index is 0.172. The van der Waals surface area contributed by atoms with Gasteiger partial charge < -0.3 is 48.5 Å². The summed E-state index contributed by atoms with van der Waals surface area (Å²) in [5.41, 5.74) is -4.16. The minimum atomic E-state index is -1.74. The Morgan fingerprint density at radius 2 is 1.70 bits per heavy atom. The summed E-state index contributed by atoms with van der Waals surface area (Å²) in [5, 5.41) is 37.2. The molecule has 1 aromatic rings. The van der Waals surface area contributed by atoms with E-state index in [4.69, 9.17) is 33.2 Å². The zero-order valence-electron chi connectivity index (χ0n) is 27.8. The van der Waals surface area contributed by atoms with Crippen molar-refractivity contribution in [1.82, 2.24) is 4.90 Å². The molecule has 0 aromatic heterocycles. The number of hydrogen-bond acceptors (Lipinski definition) is 12. The topological polar surface area (TPSA) is 146 Å². The van der Waals surface area contributed by atoms with Gasteiger partial charge in [0.05, 0.1) is 37.6 Å². The monoisotopic (exact) mass is 647 g/mol. The quantitative estimate of drug-likeness (QED) is 0.308. The van der Waals surface area contributed by atoms with Crippen LogP contribution in [0.25, 0.3) is 0 Å². The highest BCUT2D eigenvalue weighted by Gasteiger charge is 2.91. The first-order valence-electron chi connectivity index (χ1n) is 16.4. The van der Waals surface area contributed by atoms with Crippen molar-refractivity contribution in [2.24, 2.45) is 34.5 Å². The lowest BCUT2D eigenvalue weighted by atomic mass is 9.42. The molecule has 1 saturated heterocycles. The van der Waals surface area contributed by atoms with Gasteiger partial charge in [-0.1, -0.05) is 6.92 Å². The van der Waals surface area contributed by atoms with Gasteiger partial charge in [-0.2, -0.15) is 0 Å². The second-order valence-electron chi connectivity index (χ2n) is 14.4. The summed E-state index contributed by atoms with van der Waals surface area (Å²) in [4.78, 5) is 16.2. The molecular formula is C34H49NO11. The van der Waals surface area contributed by atoms with Crippen LogP contribution >= 0.6 is 0 Å². The lowest BCUT2D eigenvalue weighted by Crippen LogP contribution is -2.81. The molecule has 1 aliphatic heterocycles. The smallest absolute Gasteiger partial charge is 0.338 e. The van der Waals surface area contributed by atoms with Crippen molar-refractivity contribution in [1.29, 1.82) is 0 Å². The van der Waals surface area contributed by atoms with Crippen LogP contribution in [0.3, 0.4) is 0 Å². The first kappa shape index (κ1) is 32.7. The van der Waals surface area contributed by atoms with Crippen LogP contribution in [0.4, 0.5) is 0 Å². The number of piperidine rings is 1. The molecule has 1 aromatic carbocycles. The molecule has 12 heteroatoms. The third kappa shape index (κ3) is 3.58. The maximum atomic E-state index is 13.8. The minimum Gasteiger partial charge on any atom is -0.497 e. The molecule has 0 amide bonds. The normalized spacial score (nSPS) is 50.0. The number of nitrogens with zero attached hydrogens (tertiary/aromatic N) is 1. The maximum Gasteiger partial charge on any atom is 0.338 e. The predicted octanol–water partition coefficient (Wildman–Crippen LogP) is 0.740. The summed E-state index contributed by atoms with van der Waals surface area (Å²) in [7, 11) is 9.61. The van der Waals surface area contributed by atoms with Crippen LogP contribution in [0.2, 0.25) is 0 Å². The molecule has 0 radical (unpaired) electrons. The molecule has 5 saturated carbocycles. The van der Waals surface area contributed by atoms with E-state index >= 15 is 0 Å². The second kappa shape index (κ2) is 11.1. The van der Waals surface area contributed by atoms with E-state index < -0.39 is 76.5 Å². The van der Waals surface area contributed by atoms with Crippen LogP contribution in [0, 0.1) is 34.5 Å². The Hall–Kier alpha value is -1.87. The summed E-state index contributed by atoms with van der Waals surface area (Å²) in [5.74, 6) is -1.73. The van der Waals surface area contributed by atoms with Crippen molar-refractivity contribution in [3.63, 3.8) is 0 Å². The van der Waals surface area contributed by atoms with Gasteiger partial charge in [-0.15, -0.1) is 0 Å². The molecule has 1 unspecified atom stereocenters. The molecule has 1 spiro atoms. The number of hydrogen-bond donors (Lipinski definition) is 3. The number of aliphatic hydroxyl groups is 3. The summed E-state index contributed by atoms with van der Waals surface area (Å²) < 4.78 is 43.0. The molecule has 1 heterocycles. The van der Waals surface area contributed by atoms with Gasteiger partial charge in [-0.3, -0.25) is 4.90 Å². The van der Waals surface area contributed by atoms with Crippen molar-refractivity contribution < 1.29 is 53.3 Å². The number of ether oxygens (including phenoxy) is 7. The van der Waals surface area contributed by atoms with E-state index in [1.54, 1.807) is 59.8 Å². The third-order valence-electron chi connectivity index (χ3n) is 13.5. The van der Waals surface area contributed by atoms with Crippen LogP contribution in [-0.4, -0.2) is 142 Å². The van der Waals surface area contributed by atoms with Crippen molar-refractivity contribution >= 4 is 5.97 Å². The molecule has 6 fully saturated rings. The number of carbonyl (C=O) groups excluding carboxylic acids is 1. The van der Waals surface area contributed by atoms with Gasteiger partial charge in [0.25, 0.3) is 0 Å². The number of rotatable bonds is 10. The van der Waals surface area contributed by atoms with Gasteiger partial charge >= 0.3 is 5.97 Å². The zero-order valence-corrected chi connectivity index (χ0v) is 27.8. The average molecular weight is 648 g/mol. The Bertz CT molecular complexity index is 1330. The van der Waals surface area contributed by atoms with Gasteiger partial charge in [0.15, 0.2) is 0 Å². The van der Waals surface area contributed by atoms with E-state index in [9.17, 15) is 20.1 Å². The van der Waals surface area contributed by atoms with Crippen molar-refractivity contribution in [3.05, 3.63) is 29.8 Å². The lowest BCUT2D eigenvalue weighted by molar-refractivity contribution is -0.325. The highest BCUT2D eigenvalue weighted by atomic mass is 16.6. The summed E-state index contributed by atoms with van der Waals surface area (Å²) >= 11 is 0. The summed E-state index contributed by atoms with van der Waals surface area (Å²) in [6.07, 6.45) is -4.57. The van der Waals surface area contributed by atoms with Crippen LogP contribution in [-0.2, 0) is 28.4 Å². The van der Waals surface area contributed by atoms with Gasteiger partial charge in [0, 0.05) is 83.1 Å². The summed E-state index contributed by atoms with van der Waals surface area (Å²) in [6.45, 7) is 3.64. The van der Waals surface area contributed by atoms with E-state index in [1.807, 2.05) is 0 Å². The lowest BCUT2D eigenvalue weighted by Gasteiger charge is -2.70. The van der Waals surface area contributed by atoms with Gasteiger partial charge in [0.2, 0.25) is 0 Å². The highest BCUT2D eigenvalue weighted by molar-refractivity contribution is 5.89. The van der Waals surface area contributed by atoms with Crippen molar-refractivity contribution in [2.45, 2.75) is 73.6 Å². The van der Waals surface area contributed by atoms with Crippen LogP contribution in [0.15, 0.2) is 24.3 Å². The Morgan fingerprint density at radius 3 is 2.26 bits per heavy atom. The largest absolute Gasteiger partial charge is 0.497 e. The Morgan fingerprint density at radius 1 is 0.978 bits per heavy atom. The molecule has 6 aliphatic rings. The molecule has 15 atom stereocenters. The molecule has 12 nitrogen and oxygen atoms in total. The number of esters is 1. The first-order valence-corrected chi connectivity index (χ1v) is 16.4. The molecular weight excluding hydrogens is 598 g/mol. The zero-order chi connectivity index (χ0) is 33.0. The SMILES string of the molecule is CCN1C[C@]2(COC)C(O)C[C@H](OC)[C@@]34[C@@H]5C[C@]6(O)[C@H](OC(=O)c7ccc(OC)cc7)[C@@H]5[C@@](OC)([C@@H]([C@H](OC)[C@H]23)[C@@H]14)[C@@H](O)[C@@H]6OC. The van der Waals surface area contributed by atoms with E-state index in [-0.39, 0.29) is 24.3 Å². The number of likely N-dealkylation sites (tertiary alicyclic amines) is 1. The average Bonchev–Trinajstić information content (AvgIpc) is 3.43. The Kier molecular flexibility index (Phi) is 7.87. The van der Waals surface area contributed by atoms with Gasteiger partial charge in [0.1, 0.15) is 35.3 Å². The number of benzene rings is 1. The van der Waals surface area contributed by atoms with Gasteiger partial charge in [-0.05, 0) is 43.1 Å². The molecule has 7 rings (SSSR count). The van der Waals surface area contributed by atoms with Crippen molar-refractivity contribution in [3.8, 4) is 5.75 Å². The van der Waals surface area contributed by atoms with E-state index in [0.29, 0.717) is 37.4 Å². The fourth-order valence-electron chi connectivity index (χ4n) is 12.4. The maximum absolute atomic E-state index is 13.8. The molecule has 5 aliphatic carbocycles. The third-order valence-corrected chi connectivity index (χ3v) is 13.5. The van der Waals surface area contributed by atoms with Gasteiger partial charge in [-0.25, -0.2) is 4.79 Å². The van der Waals surface area contributed by atoms with E-state index in [2.05, 4.69) is 11.8 Å². The Balaban J connectivity index is 1.47. The Labute approximate surface area is 270 Å². The number of aliphatic hydroxyl groups excluding tert-OH is 2. The second-order valence-corrected chi connectivity index (χ2v) is 14.4. The molecule has 46 heavy (non-hydrogen) atoms. The first-order chi connectivity index (χ1) is 22.1. The number of carbonyl (C=O) groups is 1. The fraction of sp³-hybridized carbons (Fsp3) is 0.794.